The van der Waals surface area contributed by atoms with Gasteiger partial charge < -0.3 is 10.2 Å². The lowest BCUT2D eigenvalue weighted by Crippen LogP contribution is -2.28. The number of rotatable bonds is 5. The van der Waals surface area contributed by atoms with E-state index in [2.05, 4.69) is 50.6 Å². The molecule has 4 rings (SSSR count). The Morgan fingerprint density at radius 2 is 2.00 bits per heavy atom. The Hall–Kier alpha value is -2.93. The molecule has 30 heavy (non-hydrogen) atoms. The predicted molar refractivity (Wildman–Crippen MR) is 121 cm³/mol. The number of nitrogens with zero attached hydrogens (tertiary/aromatic N) is 3. The number of oxime groups is 1. The number of carbonyl (C=O) groups excluding carboxylic acids is 1. The molecule has 0 saturated carbocycles. The summed E-state index contributed by atoms with van der Waals surface area (Å²) in [5.41, 5.74) is 6.54. The third-order valence-corrected chi connectivity index (χ3v) is 5.82. The van der Waals surface area contributed by atoms with Crippen LogP contribution in [0.2, 0.25) is 0 Å². The van der Waals surface area contributed by atoms with Crippen LogP contribution in [0.5, 0.6) is 0 Å². The number of amides is 1. The van der Waals surface area contributed by atoms with Crippen LogP contribution in [0.1, 0.15) is 34.5 Å². The third-order valence-electron chi connectivity index (χ3n) is 5.33. The van der Waals surface area contributed by atoms with Crippen molar-refractivity contribution in [2.45, 2.75) is 39.8 Å². The predicted octanol–water partition coefficient (Wildman–Crippen LogP) is 4.75. The van der Waals surface area contributed by atoms with Crippen molar-refractivity contribution in [1.82, 2.24) is 9.78 Å². The van der Waals surface area contributed by atoms with Gasteiger partial charge in [-0.2, -0.15) is 5.10 Å². The molecule has 0 spiro atoms. The van der Waals surface area contributed by atoms with Crippen molar-refractivity contribution in [3.63, 3.8) is 0 Å². The van der Waals surface area contributed by atoms with E-state index in [0.29, 0.717) is 13.0 Å². The number of benzene rings is 2. The Morgan fingerprint density at radius 3 is 2.77 bits per heavy atom. The monoisotopic (exact) mass is 466 g/mol. The Bertz CT molecular complexity index is 1140. The van der Waals surface area contributed by atoms with Gasteiger partial charge in [-0.05, 0) is 44.0 Å². The normalized spacial score (nSPS) is 15.6. The Kier molecular flexibility index (Phi) is 5.72. The average molecular weight is 467 g/mol. The van der Waals surface area contributed by atoms with Crippen LogP contribution in [0.25, 0.3) is 0 Å². The molecule has 0 fully saturated rings. The zero-order valence-electron chi connectivity index (χ0n) is 17.1. The van der Waals surface area contributed by atoms with Crippen LogP contribution in [-0.4, -0.2) is 27.5 Å². The molecule has 1 atom stereocenters. The van der Waals surface area contributed by atoms with E-state index in [1.54, 1.807) is 0 Å². The highest BCUT2D eigenvalue weighted by Crippen LogP contribution is 2.24. The lowest BCUT2D eigenvalue weighted by molar-refractivity contribution is -0.125. The number of hydrogen-bond donors (Lipinski definition) is 1. The molecular weight excluding hydrogens is 444 g/mol. The van der Waals surface area contributed by atoms with Crippen molar-refractivity contribution in [2.24, 2.45) is 5.16 Å². The first-order valence-corrected chi connectivity index (χ1v) is 10.6. The molecule has 2 aromatic carbocycles. The first-order chi connectivity index (χ1) is 14.4. The topological polar surface area (TPSA) is 68.5 Å². The minimum Gasteiger partial charge on any atom is -0.382 e. The van der Waals surface area contributed by atoms with Gasteiger partial charge in [0.2, 0.25) is 6.10 Å². The zero-order valence-corrected chi connectivity index (χ0v) is 18.7. The molecule has 2 heterocycles. The first kappa shape index (κ1) is 20.3. The van der Waals surface area contributed by atoms with Gasteiger partial charge in [0.05, 0.1) is 29.3 Å². The smallest absolute Gasteiger partial charge is 0.268 e. The highest BCUT2D eigenvalue weighted by Gasteiger charge is 2.30. The molecule has 7 heteroatoms. The summed E-state index contributed by atoms with van der Waals surface area (Å²) >= 11 is 3.46. The SMILES string of the molecule is Cc1ccccc1Cn1nc(C)c(NC(=O)C2CC(c3cccc(Br)c3)=NO2)c1C. The van der Waals surface area contributed by atoms with E-state index < -0.39 is 6.10 Å². The molecule has 1 aliphatic heterocycles. The van der Waals surface area contributed by atoms with Crippen LogP contribution in [-0.2, 0) is 16.2 Å². The van der Waals surface area contributed by atoms with Gasteiger partial charge in [0.15, 0.2) is 0 Å². The number of anilines is 1. The quantitative estimate of drug-likeness (QED) is 0.589. The minimum absolute atomic E-state index is 0.217. The lowest BCUT2D eigenvalue weighted by Gasteiger charge is -2.11. The summed E-state index contributed by atoms with van der Waals surface area (Å²) < 4.78 is 2.88. The largest absolute Gasteiger partial charge is 0.382 e. The van der Waals surface area contributed by atoms with Crippen LogP contribution >= 0.6 is 15.9 Å². The molecule has 1 amide bonds. The van der Waals surface area contributed by atoms with E-state index >= 15 is 0 Å². The molecule has 1 N–H and O–H groups in total. The second-order valence-corrected chi connectivity index (χ2v) is 8.38. The van der Waals surface area contributed by atoms with Gasteiger partial charge in [0.25, 0.3) is 5.91 Å². The maximum absolute atomic E-state index is 12.8. The molecule has 0 aliphatic carbocycles. The molecule has 0 saturated heterocycles. The Morgan fingerprint density at radius 1 is 1.20 bits per heavy atom. The second-order valence-electron chi connectivity index (χ2n) is 7.47. The third kappa shape index (κ3) is 4.16. The fourth-order valence-corrected chi connectivity index (χ4v) is 3.94. The molecule has 1 aliphatic rings. The van der Waals surface area contributed by atoms with Crippen LogP contribution in [0.15, 0.2) is 58.2 Å². The van der Waals surface area contributed by atoms with E-state index in [0.717, 1.165) is 32.8 Å². The van der Waals surface area contributed by atoms with Crippen LogP contribution in [0, 0.1) is 20.8 Å². The van der Waals surface area contributed by atoms with Gasteiger partial charge in [0.1, 0.15) is 0 Å². The van der Waals surface area contributed by atoms with E-state index in [1.165, 1.54) is 11.1 Å². The number of aromatic nitrogens is 2. The van der Waals surface area contributed by atoms with Crippen molar-refractivity contribution in [3.8, 4) is 0 Å². The second kappa shape index (κ2) is 8.44. The Labute approximate surface area is 184 Å². The van der Waals surface area contributed by atoms with E-state index in [-0.39, 0.29) is 5.91 Å². The molecule has 6 nitrogen and oxygen atoms in total. The summed E-state index contributed by atoms with van der Waals surface area (Å²) in [5, 5.41) is 11.7. The van der Waals surface area contributed by atoms with Crippen molar-refractivity contribution >= 4 is 33.2 Å². The van der Waals surface area contributed by atoms with Crippen molar-refractivity contribution < 1.29 is 9.63 Å². The maximum Gasteiger partial charge on any atom is 0.268 e. The number of carbonyl (C=O) groups is 1. The fourth-order valence-electron chi connectivity index (χ4n) is 3.54. The first-order valence-electron chi connectivity index (χ1n) is 9.80. The van der Waals surface area contributed by atoms with Crippen molar-refractivity contribution in [3.05, 3.63) is 81.1 Å². The highest BCUT2D eigenvalue weighted by molar-refractivity contribution is 9.10. The van der Waals surface area contributed by atoms with Gasteiger partial charge in [-0.1, -0.05) is 57.5 Å². The van der Waals surface area contributed by atoms with Gasteiger partial charge in [-0.3, -0.25) is 9.48 Å². The summed E-state index contributed by atoms with van der Waals surface area (Å²) in [5.74, 6) is -0.217. The van der Waals surface area contributed by atoms with Crippen LogP contribution < -0.4 is 5.32 Å². The number of halogens is 1. The van der Waals surface area contributed by atoms with E-state index in [9.17, 15) is 4.79 Å². The molecular formula is C23H23BrN4O2. The molecule has 0 bridgehead atoms. The van der Waals surface area contributed by atoms with E-state index in [1.807, 2.05) is 54.9 Å². The molecule has 1 unspecified atom stereocenters. The van der Waals surface area contributed by atoms with Crippen LogP contribution in [0.3, 0.4) is 0 Å². The average Bonchev–Trinajstić information content (AvgIpc) is 3.31. The van der Waals surface area contributed by atoms with Gasteiger partial charge >= 0.3 is 0 Å². The molecule has 154 valence electrons. The molecule has 3 aromatic rings. The van der Waals surface area contributed by atoms with Gasteiger partial charge in [0, 0.05) is 16.5 Å². The molecule has 1 aromatic heterocycles. The standard InChI is InChI=1S/C23H23BrN4O2/c1-14-7-4-5-8-18(14)13-28-16(3)22(15(2)26-28)25-23(29)21-12-20(27-30-21)17-9-6-10-19(24)11-17/h4-11,21H,12-13H2,1-3H3,(H,25,29). The number of nitrogens with one attached hydrogen (secondary N) is 1. The summed E-state index contributed by atoms with van der Waals surface area (Å²) in [6.45, 7) is 6.61. The summed E-state index contributed by atoms with van der Waals surface area (Å²) in [6.07, 6.45) is -0.227. The van der Waals surface area contributed by atoms with Crippen molar-refractivity contribution in [2.75, 3.05) is 5.32 Å². The number of aryl methyl sites for hydroxylation is 2. The van der Waals surface area contributed by atoms with E-state index in [4.69, 9.17) is 4.84 Å². The lowest BCUT2D eigenvalue weighted by atomic mass is 10.0. The molecule has 0 radical (unpaired) electrons. The van der Waals surface area contributed by atoms with Gasteiger partial charge in [-0.15, -0.1) is 0 Å². The zero-order chi connectivity index (χ0) is 21.3. The Balaban J connectivity index is 1.45. The minimum atomic E-state index is -0.655. The van der Waals surface area contributed by atoms with Gasteiger partial charge in [-0.25, -0.2) is 0 Å². The highest BCUT2D eigenvalue weighted by atomic mass is 79.9. The summed E-state index contributed by atoms with van der Waals surface area (Å²) in [4.78, 5) is 18.3. The number of hydrogen-bond acceptors (Lipinski definition) is 4. The summed E-state index contributed by atoms with van der Waals surface area (Å²) in [6, 6.07) is 16.0. The van der Waals surface area contributed by atoms with Crippen LogP contribution in [0.4, 0.5) is 5.69 Å². The van der Waals surface area contributed by atoms with Crippen molar-refractivity contribution in [1.29, 1.82) is 0 Å². The maximum atomic E-state index is 12.8. The summed E-state index contributed by atoms with van der Waals surface area (Å²) in [7, 11) is 0. The fraction of sp³-hybridized carbons (Fsp3) is 0.261.